The standard InChI is InChI=1S/C18H25N3O3/c1-5-13-6-7-16-14(10-13)15(11-24-16)18(23)20-12(2)17(22)19-8-9-21(3)4/h6-7,10-12H,5,8-9H2,1-4H3,(H,19,22)(H,20,23)/t12-/m0/s1. The third-order valence-electron chi connectivity index (χ3n) is 3.89. The number of aryl methyl sites for hydroxylation is 1. The van der Waals surface area contributed by atoms with E-state index in [9.17, 15) is 9.59 Å². The van der Waals surface area contributed by atoms with Gasteiger partial charge in [-0.25, -0.2) is 0 Å². The molecule has 24 heavy (non-hydrogen) atoms. The minimum atomic E-state index is -0.612. The molecule has 130 valence electrons. The smallest absolute Gasteiger partial charge is 0.255 e. The highest BCUT2D eigenvalue weighted by molar-refractivity contribution is 6.07. The van der Waals surface area contributed by atoms with Crippen molar-refractivity contribution in [2.24, 2.45) is 0 Å². The van der Waals surface area contributed by atoms with Gasteiger partial charge in [0.25, 0.3) is 5.91 Å². The average Bonchev–Trinajstić information content (AvgIpc) is 2.97. The number of benzene rings is 1. The van der Waals surface area contributed by atoms with Crippen molar-refractivity contribution < 1.29 is 14.0 Å². The van der Waals surface area contributed by atoms with Crippen LogP contribution in [-0.4, -0.2) is 49.9 Å². The van der Waals surface area contributed by atoms with E-state index in [1.165, 1.54) is 6.26 Å². The number of hydrogen-bond acceptors (Lipinski definition) is 4. The lowest BCUT2D eigenvalue weighted by Crippen LogP contribution is -2.46. The second-order valence-corrected chi connectivity index (χ2v) is 6.12. The van der Waals surface area contributed by atoms with Gasteiger partial charge in [-0.1, -0.05) is 13.0 Å². The Balaban J connectivity index is 2.02. The Labute approximate surface area is 142 Å². The van der Waals surface area contributed by atoms with Crippen LogP contribution in [0.5, 0.6) is 0 Å². The Morgan fingerprint density at radius 3 is 2.71 bits per heavy atom. The van der Waals surface area contributed by atoms with E-state index in [0.717, 1.165) is 23.9 Å². The number of fused-ring (bicyclic) bond motifs is 1. The molecule has 1 aromatic heterocycles. The van der Waals surface area contributed by atoms with E-state index in [-0.39, 0.29) is 11.8 Å². The van der Waals surface area contributed by atoms with Crippen molar-refractivity contribution in [3.63, 3.8) is 0 Å². The van der Waals surface area contributed by atoms with Gasteiger partial charge in [-0.15, -0.1) is 0 Å². The van der Waals surface area contributed by atoms with Crippen LogP contribution in [0.2, 0.25) is 0 Å². The first-order valence-electron chi connectivity index (χ1n) is 8.15. The van der Waals surface area contributed by atoms with Crippen LogP contribution in [0.1, 0.15) is 29.8 Å². The van der Waals surface area contributed by atoms with E-state index in [4.69, 9.17) is 4.42 Å². The van der Waals surface area contributed by atoms with E-state index in [1.54, 1.807) is 6.92 Å². The molecule has 0 unspecified atom stereocenters. The first-order valence-corrected chi connectivity index (χ1v) is 8.15. The molecule has 0 spiro atoms. The summed E-state index contributed by atoms with van der Waals surface area (Å²) in [6.07, 6.45) is 2.32. The van der Waals surface area contributed by atoms with Crippen LogP contribution in [0.3, 0.4) is 0 Å². The Bertz CT molecular complexity index is 721. The van der Waals surface area contributed by atoms with Crippen molar-refractivity contribution in [2.45, 2.75) is 26.3 Å². The summed E-state index contributed by atoms with van der Waals surface area (Å²) in [5.41, 5.74) is 2.25. The van der Waals surface area contributed by atoms with Gasteiger partial charge in [0.2, 0.25) is 5.91 Å². The summed E-state index contributed by atoms with van der Waals surface area (Å²) in [5.74, 6) is -0.510. The summed E-state index contributed by atoms with van der Waals surface area (Å²) in [5, 5.41) is 6.30. The van der Waals surface area contributed by atoms with E-state index in [2.05, 4.69) is 17.6 Å². The maximum Gasteiger partial charge on any atom is 0.255 e. The lowest BCUT2D eigenvalue weighted by atomic mass is 10.1. The Morgan fingerprint density at radius 2 is 2.04 bits per heavy atom. The van der Waals surface area contributed by atoms with Gasteiger partial charge in [-0.05, 0) is 45.1 Å². The molecule has 1 heterocycles. The molecule has 2 amide bonds. The maximum atomic E-state index is 12.5. The molecule has 1 atom stereocenters. The fourth-order valence-corrected chi connectivity index (χ4v) is 2.37. The average molecular weight is 331 g/mol. The highest BCUT2D eigenvalue weighted by atomic mass is 16.3. The summed E-state index contributed by atoms with van der Waals surface area (Å²) in [7, 11) is 3.87. The first kappa shape index (κ1) is 18.0. The maximum absolute atomic E-state index is 12.5. The van der Waals surface area contributed by atoms with Crippen LogP contribution in [0.4, 0.5) is 0 Å². The number of hydrogen-bond donors (Lipinski definition) is 2. The van der Waals surface area contributed by atoms with Gasteiger partial charge in [0.15, 0.2) is 0 Å². The number of furan rings is 1. The molecule has 2 rings (SSSR count). The van der Waals surface area contributed by atoms with Crippen LogP contribution >= 0.6 is 0 Å². The van der Waals surface area contributed by atoms with Crippen molar-refractivity contribution in [2.75, 3.05) is 27.2 Å². The van der Waals surface area contributed by atoms with Gasteiger partial charge in [0, 0.05) is 18.5 Å². The second kappa shape index (κ2) is 7.97. The van der Waals surface area contributed by atoms with Crippen LogP contribution in [0, 0.1) is 0 Å². The number of carbonyl (C=O) groups is 2. The van der Waals surface area contributed by atoms with E-state index < -0.39 is 6.04 Å². The second-order valence-electron chi connectivity index (χ2n) is 6.12. The Kier molecular flexibility index (Phi) is 5.98. The predicted octanol–water partition coefficient (Wildman–Crippen LogP) is 1.79. The monoisotopic (exact) mass is 331 g/mol. The molecule has 0 saturated carbocycles. The number of nitrogens with zero attached hydrogens (tertiary/aromatic N) is 1. The molecule has 1 aromatic carbocycles. The predicted molar refractivity (Wildman–Crippen MR) is 94.1 cm³/mol. The quantitative estimate of drug-likeness (QED) is 0.811. The van der Waals surface area contributed by atoms with Gasteiger partial charge in [0.05, 0.1) is 5.56 Å². The minimum Gasteiger partial charge on any atom is -0.463 e. The van der Waals surface area contributed by atoms with Crippen LogP contribution in [0.15, 0.2) is 28.9 Å². The zero-order valence-corrected chi connectivity index (χ0v) is 14.7. The molecule has 2 aromatic rings. The van der Waals surface area contributed by atoms with Gasteiger partial charge in [-0.2, -0.15) is 0 Å². The zero-order valence-electron chi connectivity index (χ0n) is 14.7. The lowest BCUT2D eigenvalue weighted by molar-refractivity contribution is -0.122. The molecule has 0 saturated heterocycles. The fraction of sp³-hybridized carbons (Fsp3) is 0.444. The zero-order chi connectivity index (χ0) is 17.7. The molecule has 6 nitrogen and oxygen atoms in total. The molecular formula is C18H25N3O3. The topological polar surface area (TPSA) is 74.6 Å². The number of carbonyl (C=O) groups excluding carboxylic acids is 2. The number of amides is 2. The lowest BCUT2D eigenvalue weighted by Gasteiger charge is -2.15. The molecule has 2 N–H and O–H groups in total. The summed E-state index contributed by atoms with van der Waals surface area (Å²) >= 11 is 0. The SMILES string of the molecule is CCc1ccc2occ(C(=O)N[C@@H](C)C(=O)NCCN(C)C)c2c1. The highest BCUT2D eigenvalue weighted by Crippen LogP contribution is 2.23. The Hall–Kier alpha value is -2.34. The van der Waals surface area contributed by atoms with Gasteiger partial charge >= 0.3 is 0 Å². The fourth-order valence-electron chi connectivity index (χ4n) is 2.37. The summed E-state index contributed by atoms with van der Waals surface area (Å²) in [6.45, 7) is 5.02. The molecule has 0 aliphatic rings. The van der Waals surface area contributed by atoms with Gasteiger partial charge in [0.1, 0.15) is 17.9 Å². The highest BCUT2D eigenvalue weighted by Gasteiger charge is 2.19. The Morgan fingerprint density at radius 1 is 1.29 bits per heavy atom. The van der Waals surface area contributed by atoms with Crippen molar-refractivity contribution in [1.82, 2.24) is 15.5 Å². The molecule has 0 fully saturated rings. The largest absolute Gasteiger partial charge is 0.463 e. The molecule has 0 aliphatic carbocycles. The van der Waals surface area contributed by atoms with E-state index in [1.807, 2.05) is 37.2 Å². The molecule has 6 heteroatoms. The van der Waals surface area contributed by atoms with Crippen molar-refractivity contribution in [3.8, 4) is 0 Å². The van der Waals surface area contributed by atoms with E-state index >= 15 is 0 Å². The molecular weight excluding hydrogens is 306 g/mol. The third-order valence-corrected chi connectivity index (χ3v) is 3.89. The summed E-state index contributed by atoms with van der Waals surface area (Å²) < 4.78 is 5.44. The number of nitrogens with one attached hydrogen (secondary N) is 2. The minimum absolute atomic E-state index is 0.202. The van der Waals surface area contributed by atoms with Crippen molar-refractivity contribution >= 4 is 22.8 Å². The van der Waals surface area contributed by atoms with Gasteiger partial charge in [-0.3, -0.25) is 9.59 Å². The van der Waals surface area contributed by atoms with Crippen LogP contribution in [0.25, 0.3) is 11.0 Å². The molecule has 0 radical (unpaired) electrons. The molecule has 0 bridgehead atoms. The number of rotatable bonds is 7. The van der Waals surface area contributed by atoms with E-state index in [0.29, 0.717) is 17.7 Å². The first-order chi connectivity index (χ1) is 11.4. The normalized spacial score (nSPS) is 12.4. The summed E-state index contributed by atoms with van der Waals surface area (Å²) in [6, 6.07) is 5.19. The van der Waals surface area contributed by atoms with Crippen LogP contribution in [-0.2, 0) is 11.2 Å². The molecule has 0 aliphatic heterocycles. The number of likely N-dealkylation sites (N-methyl/N-ethyl adjacent to an activating group) is 1. The van der Waals surface area contributed by atoms with Crippen LogP contribution < -0.4 is 10.6 Å². The van der Waals surface area contributed by atoms with Crippen molar-refractivity contribution in [3.05, 3.63) is 35.6 Å². The third kappa shape index (κ3) is 4.35. The summed E-state index contributed by atoms with van der Waals surface area (Å²) in [4.78, 5) is 26.5. The van der Waals surface area contributed by atoms with Crippen molar-refractivity contribution in [1.29, 1.82) is 0 Å². The van der Waals surface area contributed by atoms with Gasteiger partial charge < -0.3 is 20.0 Å².